The minimum absolute atomic E-state index is 0.0126. The van der Waals surface area contributed by atoms with E-state index in [0.717, 1.165) is 25.7 Å². The van der Waals surface area contributed by atoms with Crippen molar-refractivity contribution in [1.82, 2.24) is 9.47 Å². The van der Waals surface area contributed by atoms with Gasteiger partial charge in [-0.1, -0.05) is 42.5 Å². The largest absolute Gasteiger partial charge is 0.461 e. The number of nitrogens with zero attached hydrogens (tertiary/aromatic N) is 2. The van der Waals surface area contributed by atoms with Crippen LogP contribution in [0, 0.1) is 12.7 Å². The number of ketones is 1. The summed E-state index contributed by atoms with van der Waals surface area (Å²) in [6.07, 6.45) is 2.62. The number of hydrogen-bond acceptors (Lipinski definition) is 7. The highest BCUT2D eigenvalue weighted by Crippen LogP contribution is 2.30. The standard InChI is InChI=1S/C38H40FN3O6/c1-24-22-27(16-20-31(24)39)34(44)30-19-21-32(43)42(35(30)40)28-17-14-25(15-18-28)23-41(37(46)48-38(2,3)4)33(26-10-6-5-7-11-26)36(45)47-29-12-8-9-13-29/h5-7,10-11,14-22,29,33H,8-9,12-13,23,40H2,1-4H3. The summed E-state index contributed by atoms with van der Waals surface area (Å²) in [5.41, 5.74) is 7.35. The summed E-state index contributed by atoms with van der Waals surface area (Å²) in [6.45, 7) is 6.81. The van der Waals surface area contributed by atoms with Crippen molar-refractivity contribution >= 4 is 23.7 Å². The molecule has 1 atom stereocenters. The summed E-state index contributed by atoms with van der Waals surface area (Å²) < 4.78 is 26.7. The van der Waals surface area contributed by atoms with Crippen molar-refractivity contribution in [3.05, 3.63) is 129 Å². The molecular formula is C38H40FN3O6. The number of rotatable bonds is 9. The second kappa shape index (κ2) is 14.3. The Kier molecular flexibility index (Phi) is 10.1. The minimum atomic E-state index is -1.07. The molecule has 10 heteroatoms. The van der Waals surface area contributed by atoms with Crippen molar-refractivity contribution in [3.63, 3.8) is 0 Å². The van der Waals surface area contributed by atoms with Crippen LogP contribution in [0.1, 0.15) is 85.1 Å². The predicted molar refractivity (Wildman–Crippen MR) is 180 cm³/mol. The van der Waals surface area contributed by atoms with E-state index in [0.29, 0.717) is 22.4 Å². The average Bonchev–Trinajstić information content (AvgIpc) is 3.55. The maximum atomic E-state index is 13.8. The number of halogens is 1. The molecule has 1 aliphatic carbocycles. The first-order valence-corrected chi connectivity index (χ1v) is 16.0. The molecule has 1 saturated carbocycles. The number of anilines is 1. The van der Waals surface area contributed by atoms with Gasteiger partial charge in [-0.05, 0) is 106 Å². The van der Waals surface area contributed by atoms with E-state index >= 15 is 0 Å². The van der Waals surface area contributed by atoms with Gasteiger partial charge >= 0.3 is 12.1 Å². The molecule has 48 heavy (non-hydrogen) atoms. The fraction of sp³-hybridized carbons (Fsp3) is 0.316. The number of nitrogen functional groups attached to an aromatic ring is 1. The highest BCUT2D eigenvalue weighted by atomic mass is 19.1. The summed E-state index contributed by atoms with van der Waals surface area (Å²) in [5, 5.41) is 0. The lowest BCUT2D eigenvalue weighted by atomic mass is 10.0. The fourth-order valence-corrected chi connectivity index (χ4v) is 5.80. The first kappa shape index (κ1) is 34.1. The van der Waals surface area contributed by atoms with E-state index < -0.39 is 40.9 Å². The summed E-state index contributed by atoms with van der Waals surface area (Å²) in [4.78, 5) is 55.2. The van der Waals surface area contributed by atoms with E-state index in [1.165, 1.54) is 39.8 Å². The molecular weight excluding hydrogens is 613 g/mol. The summed E-state index contributed by atoms with van der Waals surface area (Å²) in [5.74, 6) is -1.50. The maximum absolute atomic E-state index is 13.8. The Bertz CT molecular complexity index is 1860. The summed E-state index contributed by atoms with van der Waals surface area (Å²) >= 11 is 0. The van der Waals surface area contributed by atoms with Crippen LogP contribution in [0.3, 0.4) is 0 Å². The van der Waals surface area contributed by atoms with E-state index in [4.69, 9.17) is 15.2 Å². The predicted octanol–water partition coefficient (Wildman–Crippen LogP) is 7.06. The van der Waals surface area contributed by atoms with Gasteiger partial charge in [0.15, 0.2) is 11.8 Å². The van der Waals surface area contributed by atoms with Gasteiger partial charge in [0.05, 0.1) is 17.8 Å². The van der Waals surface area contributed by atoms with Crippen LogP contribution in [-0.4, -0.2) is 39.0 Å². The molecule has 0 aliphatic heterocycles. The van der Waals surface area contributed by atoms with Gasteiger partial charge in [-0.2, -0.15) is 0 Å². The highest BCUT2D eigenvalue weighted by Gasteiger charge is 2.37. The molecule has 1 aromatic heterocycles. The number of pyridine rings is 1. The average molecular weight is 654 g/mol. The maximum Gasteiger partial charge on any atom is 0.411 e. The van der Waals surface area contributed by atoms with Crippen LogP contribution in [0.5, 0.6) is 0 Å². The molecule has 1 aliphatic rings. The summed E-state index contributed by atoms with van der Waals surface area (Å²) in [6, 6.07) is 21.2. The third-order valence-electron chi connectivity index (χ3n) is 8.21. The SMILES string of the molecule is Cc1cc(C(=O)c2ccc(=O)n(-c3ccc(CN(C(=O)OC(C)(C)C)C(C(=O)OC4CCCC4)c4ccccc4)cc3)c2N)ccc1F. The van der Waals surface area contributed by atoms with Gasteiger partial charge in [-0.25, -0.2) is 14.0 Å². The van der Waals surface area contributed by atoms with Crippen molar-refractivity contribution in [1.29, 1.82) is 0 Å². The fourth-order valence-electron chi connectivity index (χ4n) is 5.80. The lowest BCUT2D eigenvalue weighted by molar-refractivity contribution is -0.155. The molecule has 1 fully saturated rings. The Morgan fingerprint density at radius 3 is 2.25 bits per heavy atom. The number of amides is 1. The number of aryl methyl sites for hydroxylation is 1. The lowest BCUT2D eigenvalue weighted by Gasteiger charge is -2.33. The number of carbonyl (C=O) groups is 3. The van der Waals surface area contributed by atoms with E-state index in [2.05, 4.69) is 0 Å². The van der Waals surface area contributed by atoms with Crippen LogP contribution in [0.2, 0.25) is 0 Å². The zero-order chi connectivity index (χ0) is 34.6. The highest BCUT2D eigenvalue weighted by molar-refractivity contribution is 6.11. The van der Waals surface area contributed by atoms with E-state index in [1.54, 1.807) is 76.2 Å². The number of nitrogens with two attached hydrogens (primary N) is 1. The van der Waals surface area contributed by atoms with Gasteiger partial charge < -0.3 is 15.2 Å². The molecule has 1 unspecified atom stereocenters. The Labute approximate surface area is 279 Å². The Morgan fingerprint density at radius 1 is 0.958 bits per heavy atom. The van der Waals surface area contributed by atoms with Crippen LogP contribution >= 0.6 is 0 Å². The van der Waals surface area contributed by atoms with Gasteiger partial charge in [0, 0.05) is 11.6 Å². The third kappa shape index (κ3) is 7.82. The first-order valence-electron chi connectivity index (χ1n) is 16.0. The van der Waals surface area contributed by atoms with E-state index in [-0.39, 0.29) is 29.6 Å². The molecule has 0 bridgehead atoms. The number of benzene rings is 3. The van der Waals surface area contributed by atoms with Gasteiger partial charge in [0.1, 0.15) is 23.3 Å². The molecule has 0 saturated heterocycles. The van der Waals surface area contributed by atoms with E-state index in [9.17, 15) is 23.6 Å². The van der Waals surface area contributed by atoms with Crippen molar-refractivity contribution in [2.45, 2.75) is 77.7 Å². The normalized spacial score (nSPS) is 13.9. The zero-order valence-electron chi connectivity index (χ0n) is 27.6. The monoisotopic (exact) mass is 653 g/mol. The van der Waals surface area contributed by atoms with Crippen LogP contribution in [0.25, 0.3) is 5.69 Å². The first-order chi connectivity index (χ1) is 22.8. The van der Waals surface area contributed by atoms with Gasteiger partial charge in [0.25, 0.3) is 5.56 Å². The lowest BCUT2D eigenvalue weighted by Crippen LogP contribution is -2.43. The zero-order valence-corrected chi connectivity index (χ0v) is 27.6. The van der Waals surface area contributed by atoms with Crippen LogP contribution in [0.15, 0.2) is 89.7 Å². The molecule has 0 radical (unpaired) electrons. The van der Waals surface area contributed by atoms with Crippen molar-refractivity contribution < 1.29 is 28.2 Å². The number of carbonyl (C=O) groups excluding carboxylic acids is 3. The molecule has 1 amide bonds. The Morgan fingerprint density at radius 2 is 1.62 bits per heavy atom. The number of aromatic nitrogens is 1. The number of hydrogen-bond donors (Lipinski definition) is 1. The molecule has 2 N–H and O–H groups in total. The topological polar surface area (TPSA) is 121 Å². The second-order valence-corrected chi connectivity index (χ2v) is 13.0. The Hall–Kier alpha value is -5.25. The molecule has 0 spiro atoms. The molecule has 1 heterocycles. The minimum Gasteiger partial charge on any atom is -0.461 e. The molecule has 4 aromatic rings. The quantitative estimate of drug-likeness (QED) is 0.152. The van der Waals surface area contributed by atoms with Gasteiger partial charge in [-0.15, -0.1) is 0 Å². The smallest absolute Gasteiger partial charge is 0.411 e. The van der Waals surface area contributed by atoms with Crippen LogP contribution in [0.4, 0.5) is 15.0 Å². The Balaban J connectivity index is 1.48. The van der Waals surface area contributed by atoms with Crippen LogP contribution < -0.4 is 11.3 Å². The van der Waals surface area contributed by atoms with Crippen LogP contribution in [-0.2, 0) is 20.8 Å². The third-order valence-corrected chi connectivity index (χ3v) is 8.21. The van der Waals surface area contributed by atoms with Crippen molar-refractivity contribution in [2.24, 2.45) is 0 Å². The second-order valence-electron chi connectivity index (χ2n) is 13.0. The molecule has 9 nitrogen and oxygen atoms in total. The summed E-state index contributed by atoms with van der Waals surface area (Å²) in [7, 11) is 0. The van der Waals surface area contributed by atoms with Crippen molar-refractivity contribution in [2.75, 3.05) is 5.73 Å². The van der Waals surface area contributed by atoms with Gasteiger partial charge in [-0.3, -0.25) is 19.1 Å². The van der Waals surface area contributed by atoms with Crippen molar-refractivity contribution in [3.8, 4) is 5.69 Å². The van der Waals surface area contributed by atoms with E-state index in [1.807, 2.05) is 6.07 Å². The molecule has 5 rings (SSSR count). The molecule has 250 valence electrons. The number of ether oxygens (including phenoxy) is 2. The molecule has 3 aromatic carbocycles. The van der Waals surface area contributed by atoms with Gasteiger partial charge in [0.2, 0.25) is 0 Å². The number of esters is 1.